The van der Waals surface area contributed by atoms with E-state index >= 15 is 0 Å². The second-order valence-electron chi connectivity index (χ2n) is 6.73. The van der Waals surface area contributed by atoms with Gasteiger partial charge in [0.2, 0.25) is 10.0 Å². The number of ether oxygens (including phenoxy) is 1. The highest BCUT2D eigenvalue weighted by Gasteiger charge is 2.17. The first-order chi connectivity index (χ1) is 13.3. The summed E-state index contributed by atoms with van der Waals surface area (Å²) in [6.45, 7) is 4.02. The quantitative estimate of drug-likeness (QED) is 0.722. The third kappa shape index (κ3) is 5.39. The van der Waals surface area contributed by atoms with Gasteiger partial charge < -0.3 is 4.74 Å². The van der Waals surface area contributed by atoms with E-state index in [9.17, 15) is 16.8 Å². The predicted molar refractivity (Wildman–Crippen MR) is 106 cm³/mol. The number of nitrogens with zero attached hydrogens (tertiary/aromatic N) is 1. The van der Waals surface area contributed by atoms with Gasteiger partial charge in [-0.2, -0.15) is 0 Å². The molecule has 0 radical (unpaired) electrons. The van der Waals surface area contributed by atoms with Crippen molar-refractivity contribution in [3.63, 3.8) is 0 Å². The Bertz CT molecular complexity index is 1010. The molecule has 1 saturated heterocycles. The minimum Gasteiger partial charge on any atom is -0.379 e. The maximum atomic E-state index is 12.6. The molecule has 0 aromatic heterocycles. The first-order valence-electron chi connectivity index (χ1n) is 8.92. The van der Waals surface area contributed by atoms with Gasteiger partial charge in [0.05, 0.1) is 23.0 Å². The zero-order valence-electron chi connectivity index (χ0n) is 15.7. The maximum Gasteiger partial charge on any atom is 0.240 e. The molecule has 7 nitrogen and oxygen atoms in total. The minimum absolute atomic E-state index is 0.0329. The Morgan fingerprint density at radius 1 is 0.893 bits per heavy atom. The molecule has 2 aromatic carbocycles. The summed E-state index contributed by atoms with van der Waals surface area (Å²) in [7, 11) is -7.12. The summed E-state index contributed by atoms with van der Waals surface area (Å²) in [4.78, 5) is 2.40. The van der Waals surface area contributed by atoms with Crippen LogP contribution < -0.4 is 4.72 Å². The van der Waals surface area contributed by atoms with Crippen molar-refractivity contribution in [3.05, 3.63) is 59.7 Å². The van der Waals surface area contributed by atoms with Crippen LogP contribution in [0.25, 0.3) is 0 Å². The van der Waals surface area contributed by atoms with E-state index in [0.29, 0.717) is 13.2 Å². The van der Waals surface area contributed by atoms with Gasteiger partial charge in [-0.05, 0) is 35.4 Å². The third-order valence-corrected chi connectivity index (χ3v) is 7.18. The van der Waals surface area contributed by atoms with Gasteiger partial charge in [0.15, 0.2) is 9.84 Å². The SMILES string of the molecule is CS(=O)(=O)c1ccc(S(=O)(=O)NCc2ccccc2CN2CCOCC2)cc1. The molecule has 0 atom stereocenters. The summed E-state index contributed by atoms with van der Waals surface area (Å²) >= 11 is 0. The molecule has 0 unspecified atom stereocenters. The van der Waals surface area contributed by atoms with Crippen molar-refractivity contribution >= 4 is 19.9 Å². The van der Waals surface area contributed by atoms with Gasteiger partial charge in [-0.3, -0.25) is 4.90 Å². The molecule has 0 aliphatic carbocycles. The molecule has 9 heteroatoms. The van der Waals surface area contributed by atoms with Gasteiger partial charge in [0, 0.05) is 32.4 Å². The molecule has 28 heavy (non-hydrogen) atoms. The molecule has 0 bridgehead atoms. The number of morpholine rings is 1. The molecular formula is C19H24N2O5S2. The average Bonchev–Trinajstić information content (AvgIpc) is 2.68. The second-order valence-corrected chi connectivity index (χ2v) is 10.5. The molecule has 1 N–H and O–H groups in total. The highest BCUT2D eigenvalue weighted by molar-refractivity contribution is 7.90. The lowest BCUT2D eigenvalue weighted by Gasteiger charge is -2.27. The van der Waals surface area contributed by atoms with Crippen LogP contribution in [-0.4, -0.2) is 54.3 Å². The number of rotatable bonds is 7. The molecule has 0 amide bonds. The number of benzene rings is 2. The summed E-state index contributed by atoms with van der Waals surface area (Å²) < 4.78 is 56.2. The van der Waals surface area contributed by atoms with Crippen molar-refractivity contribution in [1.82, 2.24) is 9.62 Å². The van der Waals surface area contributed by atoms with E-state index in [1.807, 2.05) is 24.3 Å². The molecule has 1 aliphatic rings. The van der Waals surface area contributed by atoms with E-state index in [-0.39, 0.29) is 16.3 Å². The summed E-state index contributed by atoms with van der Waals surface area (Å²) in [6, 6.07) is 12.9. The van der Waals surface area contributed by atoms with E-state index in [1.54, 1.807) is 0 Å². The van der Waals surface area contributed by atoms with Gasteiger partial charge in [-0.25, -0.2) is 21.6 Å². The Morgan fingerprint density at radius 2 is 1.46 bits per heavy atom. The lowest BCUT2D eigenvalue weighted by atomic mass is 10.1. The number of hydrogen-bond donors (Lipinski definition) is 1. The first kappa shape index (κ1) is 20.9. The highest BCUT2D eigenvalue weighted by Crippen LogP contribution is 2.17. The van der Waals surface area contributed by atoms with Gasteiger partial charge in [0.25, 0.3) is 0 Å². The average molecular weight is 425 g/mol. The number of hydrogen-bond acceptors (Lipinski definition) is 6. The Kier molecular flexibility index (Phi) is 6.51. The molecule has 152 valence electrons. The molecule has 1 heterocycles. The Hall–Kier alpha value is -1.78. The van der Waals surface area contributed by atoms with E-state index in [4.69, 9.17) is 4.74 Å². The topological polar surface area (TPSA) is 92.8 Å². The van der Waals surface area contributed by atoms with Gasteiger partial charge in [-0.1, -0.05) is 24.3 Å². The van der Waals surface area contributed by atoms with Crippen LogP contribution in [0.1, 0.15) is 11.1 Å². The largest absolute Gasteiger partial charge is 0.379 e. The van der Waals surface area contributed by atoms with Crippen LogP contribution >= 0.6 is 0 Å². The van der Waals surface area contributed by atoms with E-state index in [1.165, 1.54) is 24.3 Å². The van der Waals surface area contributed by atoms with Crippen LogP contribution in [0.2, 0.25) is 0 Å². The second kappa shape index (κ2) is 8.71. The molecule has 2 aromatic rings. The van der Waals surface area contributed by atoms with Gasteiger partial charge in [0.1, 0.15) is 0 Å². The molecule has 0 saturated carbocycles. The summed E-state index contributed by atoms with van der Waals surface area (Å²) in [5, 5.41) is 0. The van der Waals surface area contributed by atoms with Crippen LogP contribution in [0.15, 0.2) is 58.3 Å². The van der Waals surface area contributed by atoms with Gasteiger partial charge in [-0.15, -0.1) is 0 Å². The summed E-state index contributed by atoms with van der Waals surface area (Å²) in [5.41, 5.74) is 1.98. The Morgan fingerprint density at radius 3 is 2.07 bits per heavy atom. The van der Waals surface area contributed by atoms with E-state index in [0.717, 1.165) is 37.0 Å². The van der Waals surface area contributed by atoms with E-state index in [2.05, 4.69) is 9.62 Å². The fourth-order valence-corrected chi connectivity index (χ4v) is 4.64. The van der Waals surface area contributed by atoms with Gasteiger partial charge >= 0.3 is 0 Å². The van der Waals surface area contributed by atoms with Crippen LogP contribution in [0.5, 0.6) is 0 Å². The van der Waals surface area contributed by atoms with E-state index < -0.39 is 19.9 Å². The smallest absolute Gasteiger partial charge is 0.240 e. The molecular weight excluding hydrogens is 400 g/mol. The lowest BCUT2D eigenvalue weighted by Crippen LogP contribution is -2.36. The number of sulfonamides is 1. The number of nitrogens with one attached hydrogen (secondary N) is 1. The summed E-state index contributed by atoms with van der Waals surface area (Å²) in [6.07, 6.45) is 1.08. The zero-order chi connectivity index (χ0) is 20.2. The Balaban J connectivity index is 1.71. The fraction of sp³-hybridized carbons (Fsp3) is 0.368. The third-order valence-electron chi connectivity index (χ3n) is 4.63. The van der Waals surface area contributed by atoms with Crippen molar-refractivity contribution < 1.29 is 21.6 Å². The first-order valence-corrected chi connectivity index (χ1v) is 12.3. The lowest BCUT2D eigenvalue weighted by molar-refractivity contribution is 0.0341. The predicted octanol–water partition coefficient (Wildman–Crippen LogP) is 1.40. The van der Waals surface area contributed by atoms with Crippen molar-refractivity contribution in [1.29, 1.82) is 0 Å². The standard InChI is InChI=1S/C19H24N2O5S2/c1-27(22,23)18-6-8-19(9-7-18)28(24,25)20-14-16-4-2-3-5-17(16)15-21-10-12-26-13-11-21/h2-9,20H,10-15H2,1H3. The van der Waals surface area contributed by atoms with Crippen LogP contribution in [0, 0.1) is 0 Å². The summed E-state index contributed by atoms with van der Waals surface area (Å²) in [5.74, 6) is 0. The molecule has 0 spiro atoms. The van der Waals surface area contributed by atoms with Crippen LogP contribution in [0.4, 0.5) is 0 Å². The normalized spacial score (nSPS) is 16.2. The van der Waals surface area contributed by atoms with Crippen molar-refractivity contribution in [2.45, 2.75) is 22.9 Å². The monoisotopic (exact) mass is 424 g/mol. The highest BCUT2D eigenvalue weighted by atomic mass is 32.2. The maximum absolute atomic E-state index is 12.6. The van der Waals surface area contributed by atoms with Crippen molar-refractivity contribution in [2.24, 2.45) is 0 Å². The molecule has 1 fully saturated rings. The van der Waals surface area contributed by atoms with Crippen molar-refractivity contribution in [2.75, 3.05) is 32.6 Å². The van der Waals surface area contributed by atoms with Crippen molar-refractivity contribution in [3.8, 4) is 0 Å². The number of sulfone groups is 1. The molecule has 1 aliphatic heterocycles. The zero-order valence-corrected chi connectivity index (χ0v) is 17.3. The molecule has 3 rings (SSSR count). The van der Waals surface area contributed by atoms with Crippen LogP contribution in [-0.2, 0) is 37.7 Å². The fourth-order valence-electron chi connectivity index (χ4n) is 3.01. The Labute approximate surface area is 166 Å². The minimum atomic E-state index is -3.75. The van der Waals surface area contributed by atoms with Crippen LogP contribution in [0.3, 0.4) is 0 Å².